The fourth-order valence-electron chi connectivity index (χ4n) is 3.92. The summed E-state index contributed by atoms with van der Waals surface area (Å²) in [6.07, 6.45) is -3.12. The quantitative estimate of drug-likeness (QED) is 0.419. The average molecular weight is 489 g/mol. The van der Waals surface area contributed by atoms with E-state index in [2.05, 4.69) is 14.7 Å². The molecule has 2 aromatic heterocycles. The Balaban J connectivity index is 1.54. The van der Waals surface area contributed by atoms with Gasteiger partial charge in [0.05, 0.1) is 17.2 Å². The van der Waals surface area contributed by atoms with Crippen molar-refractivity contribution in [1.29, 1.82) is 0 Å². The lowest BCUT2D eigenvalue weighted by Gasteiger charge is -2.31. The number of aliphatic carboxylic acids is 1. The van der Waals surface area contributed by atoms with E-state index in [1.165, 1.54) is 6.07 Å². The lowest BCUT2D eigenvalue weighted by atomic mass is 9.98. The first-order valence-electron chi connectivity index (χ1n) is 10.7. The third kappa shape index (κ3) is 5.44. The third-order valence-corrected chi connectivity index (χ3v) is 6.41. The summed E-state index contributed by atoms with van der Waals surface area (Å²) >= 11 is 1.13. The maximum Gasteiger partial charge on any atom is 0.418 e. The molecule has 0 aliphatic carbocycles. The van der Waals surface area contributed by atoms with Crippen LogP contribution in [0.25, 0.3) is 11.3 Å². The van der Waals surface area contributed by atoms with E-state index in [1.807, 2.05) is 17.0 Å². The molecule has 1 unspecified atom stereocenters. The SMILES string of the molecule is Cc1ccccc1-c1nc(NSc2cccc(N3CCCC(C(=O)O)C3)n2)ccc1C(F)(F)F. The van der Waals surface area contributed by atoms with Gasteiger partial charge in [0.15, 0.2) is 0 Å². The van der Waals surface area contributed by atoms with Crippen LogP contribution in [-0.4, -0.2) is 34.1 Å². The van der Waals surface area contributed by atoms with Gasteiger partial charge in [-0.3, -0.25) is 4.79 Å². The van der Waals surface area contributed by atoms with E-state index in [0.29, 0.717) is 34.9 Å². The number of carbonyl (C=O) groups is 1. The molecule has 178 valence electrons. The van der Waals surface area contributed by atoms with Crippen LogP contribution in [0.5, 0.6) is 0 Å². The molecule has 4 rings (SSSR count). The van der Waals surface area contributed by atoms with Gasteiger partial charge in [0.2, 0.25) is 0 Å². The van der Waals surface area contributed by atoms with Gasteiger partial charge in [-0.25, -0.2) is 9.97 Å². The standard InChI is InChI=1S/C24H23F3N4O2S/c1-15-6-2-3-8-17(15)22-18(24(25,26)27)11-12-19(28-22)30-34-21-10-4-9-20(29-21)31-13-5-7-16(14-31)23(32)33/h2-4,6,8-12,16H,5,7,13-14H2,1H3,(H,28,30)(H,32,33). The highest BCUT2D eigenvalue weighted by atomic mass is 32.2. The van der Waals surface area contributed by atoms with E-state index in [4.69, 9.17) is 0 Å². The Morgan fingerprint density at radius 1 is 1.12 bits per heavy atom. The average Bonchev–Trinajstić information content (AvgIpc) is 2.82. The number of anilines is 2. The maximum absolute atomic E-state index is 13.6. The highest BCUT2D eigenvalue weighted by Crippen LogP contribution is 2.38. The van der Waals surface area contributed by atoms with Gasteiger partial charge in [0.1, 0.15) is 16.7 Å². The van der Waals surface area contributed by atoms with Crippen molar-refractivity contribution in [3.8, 4) is 11.3 Å². The molecular formula is C24H23F3N4O2S. The van der Waals surface area contributed by atoms with Crippen molar-refractivity contribution in [2.75, 3.05) is 22.7 Å². The number of carboxylic acid groups (broad SMARTS) is 1. The van der Waals surface area contributed by atoms with E-state index in [-0.39, 0.29) is 11.5 Å². The minimum Gasteiger partial charge on any atom is -0.481 e. The Labute approximate surface area is 199 Å². The molecule has 3 heterocycles. The summed E-state index contributed by atoms with van der Waals surface area (Å²) in [6, 6.07) is 14.6. The number of piperidine rings is 1. The van der Waals surface area contributed by atoms with Gasteiger partial charge in [0, 0.05) is 30.6 Å². The first kappa shape index (κ1) is 23.9. The predicted molar refractivity (Wildman–Crippen MR) is 126 cm³/mol. The molecule has 1 saturated heterocycles. The fourth-order valence-corrected chi connectivity index (χ4v) is 4.53. The van der Waals surface area contributed by atoms with Crippen molar-refractivity contribution in [1.82, 2.24) is 9.97 Å². The number of rotatable bonds is 6. The zero-order valence-corrected chi connectivity index (χ0v) is 19.2. The van der Waals surface area contributed by atoms with Crippen molar-refractivity contribution in [3.05, 3.63) is 65.7 Å². The van der Waals surface area contributed by atoms with Crippen LogP contribution in [0.1, 0.15) is 24.0 Å². The smallest absolute Gasteiger partial charge is 0.418 e. The molecule has 3 aromatic rings. The highest BCUT2D eigenvalue weighted by Gasteiger charge is 2.35. The Hall–Kier alpha value is -3.27. The molecule has 0 bridgehead atoms. The van der Waals surface area contributed by atoms with Crippen molar-refractivity contribution < 1.29 is 23.1 Å². The molecule has 1 fully saturated rings. The first-order chi connectivity index (χ1) is 16.2. The van der Waals surface area contributed by atoms with Gasteiger partial charge in [0.25, 0.3) is 0 Å². The zero-order valence-electron chi connectivity index (χ0n) is 18.3. The Morgan fingerprint density at radius 3 is 2.65 bits per heavy atom. The summed E-state index contributed by atoms with van der Waals surface area (Å²) in [6.45, 7) is 2.86. The summed E-state index contributed by atoms with van der Waals surface area (Å²) in [7, 11) is 0. The van der Waals surface area contributed by atoms with E-state index in [0.717, 1.165) is 31.0 Å². The normalized spacial score (nSPS) is 16.4. The Kier molecular flexibility index (Phi) is 6.97. The predicted octanol–water partition coefficient (Wildman–Crippen LogP) is 5.89. The van der Waals surface area contributed by atoms with Crippen LogP contribution >= 0.6 is 11.9 Å². The van der Waals surface area contributed by atoms with Crippen molar-refractivity contribution in [2.45, 2.75) is 31.0 Å². The molecule has 0 amide bonds. The largest absolute Gasteiger partial charge is 0.481 e. The van der Waals surface area contributed by atoms with Crippen molar-refractivity contribution in [3.63, 3.8) is 0 Å². The van der Waals surface area contributed by atoms with Crippen LogP contribution in [0, 0.1) is 12.8 Å². The van der Waals surface area contributed by atoms with Crippen LogP contribution in [0.2, 0.25) is 0 Å². The summed E-state index contributed by atoms with van der Waals surface area (Å²) in [5, 5.41) is 9.91. The molecule has 34 heavy (non-hydrogen) atoms. The van der Waals surface area contributed by atoms with Crippen LogP contribution in [0.15, 0.2) is 59.6 Å². The number of aromatic nitrogens is 2. The monoisotopic (exact) mass is 488 g/mol. The third-order valence-electron chi connectivity index (χ3n) is 5.66. The number of aryl methyl sites for hydroxylation is 1. The molecular weight excluding hydrogens is 465 g/mol. The van der Waals surface area contributed by atoms with Crippen molar-refractivity contribution in [2.24, 2.45) is 5.92 Å². The molecule has 1 atom stereocenters. The summed E-state index contributed by atoms with van der Waals surface area (Å²) in [5.74, 6) is -0.304. The molecule has 0 saturated carbocycles. The number of hydrogen-bond donors (Lipinski definition) is 2. The van der Waals surface area contributed by atoms with E-state index < -0.39 is 23.6 Å². The van der Waals surface area contributed by atoms with Gasteiger partial charge in [-0.05, 0) is 49.6 Å². The van der Waals surface area contributed by atoms with Gasteiger partial charge in [-0.1, -0.05) is 30.3 Å². The van der Waals surface area contributed by atoms with Gasteiger partial charge >= 0.3 is 12.1 Å². The highest BCUT2D eigenvalue weighted by molar-refractivity contribution is 8.00. The van der Waals surface area contributed by atoms with Crippen LogP contribution < -0.4 is 9.62 Å². The topological polar surface area (TPSA) is 78.4 Å². The van der Waals surface area contributed by atoms with Crippen LogP contribution in [-0.2, 0) is 11.0 Å². The van der Waals surface area contributed by atoms with Crippen LogP contribution in [0.4, 0.5) is 24.8 Å². The number of nitrogens with one attached hydrogen (secondary N) is 1. The second kappa shape index (κ2) is 9.92. The van der Waals surface area contributed by atoms with E-state index in [1.54, 1.807) is 37.3 Å². The molecule has 6 nitrogen and oxygen atoms in total. The number of pyridine rings is 2. The molecule has 0 spiro atoms. The number of nitrogens with zero attached hydrogens (tertiary/aromatic N) is 3. The second-order valence-electron chi connectivity index (χ2n) is 8.07. The number of carboxylic acids is 1. The summed E-state index contributed by atoms with van der Waals surface area (Å²) < 4.78 is 43.9. The molecule has 0 radical (unpaired) electrons. The maximum atomic E-state index is 13.6. The first-order valence-corrected chi connectivity index (χ1v) is 11.6. The molecule has 2 N–H and O–H groups in total. The van der Waals surface area contributed by atoms with Gasteiger partial charge in [-0.2, -0.15) is 13.2 Å². The second-order valence-corrected chi connectivity index (χ2v) is 8.89. The number of benzene rings is 1. The number of alkyl halides is 3. The molecule has 1 aromatic carbocycles. The minimum atomic E-state index is -4.53. The Bertz CT molecular complexity index is 1190. The zero-order chi connectivity index (χ0) is 24.3. The molecule has 1 aliphatic heterocycles. The summed E-state index contributed by atoms with van der Waals surface area (Å²) in [4.78, 5) is 22.2. The van der Waals surface area contributed by atoms with Gasteiger partial charge < -0.3 is 14.7 Å². The summed E-state index contributed by atoms with van der Waals surface area (Å²) in [5.41, 5.74) is 0.184. The minimum absolute atomic E-state index is 0.133. The van der Waals surface area contributed by atoms with E-state index >= 15 is 0 Å². The molecule has 1 aliphatic rings. The fraction of sp³-hybridized carbons (Fsp3) is 0.292. The van der Waals surface area contributed by atoms with Gasteiger partial charge in [-0.15, -0.1) is 0 Å². The van der Waals surface area contributed by atoms with Crippen LogP contribution in [0.3, 0.4) is 0 Å². The Morgan fingerprint density at radius 2 is 1.91 bits per heavy atom. The molecule has 10 heteroatoms. The van der Waals surface area contributed by atoms with Crippen molar-refractivity contribution >= 4 is 29.6 Å². The lowest BCUT2D eigenvalue weighted by molar-refractivity contribution is -0.142. The number of hydrogen-bond acceptors (Lipinski definition) is 6. The number of halogens is 3. The lowest BCUT2D eigenvalue weighted by Crippen LogP contribution is -2.39. The van der Waals surface area contributed by atoms with E-state index in [9.17, 15) is 23.1 Å².